The van der Waals surface area contributed by atoms with Crippen LogP contribution in [0.25, 0.3) is 0 Å². The highest BCUT2D eigenvalue weighted by molar-refractivity contribution is 5.45. The first-order valence-electron chi connectivity index (χ1n) is 6.57. The van der Waals surface area contributed by atoms with E-state index in [2.05, 4.69) is 71.1 Å². The van der Waals surface area contributed by atoms with Crippen molar-refractivity contribution >= 4 is 5.69 Å². The zero-order valence-corrected chi connectivity index (χ0v) is 10.4. The van der Waals surface area contributed by atoms with Crippen LogP contribution in [0.15, 0.2) is 60.7 Å². The molecule has 0 amide bonds. The standard InChI is InChI=1S/C16H18N2/c1-3-8-14(9-4-1)16-12-7-13-18(17-16)15-10-5-2-6-11-15/h1-6,8-11,16-17H,7,12-13H2. The number of hydrogen-bond acceptors (Lipinski definition) is 2. The average molecular weight is 238 g/mol. The lowest BCUT2D eigenvalue weighted by Gasteiger charge is -2.35. The first-order valence-corrected chi connectivity index (χ1v) is 6.57. The van der Waals surface area contributed by atoms with Crippen LogP contribution in [0.3, 0.4) is 0 Å². The fourth-order valence-corrected chi connectivity index (χ4v) is 2.51. The Morgan fingerprint density at radius 1 is 0.889 bits per heavy atom. The molecule has 1 fully saturated rings. The van der Waals surface area contributed by atoms with Gasteiger partial charge in [0, 0.05) is 6.54 Å². The Morgan fingerprint density at radius 3 is 2.28 bits per heavy atom. The van der Waals surface area contributed by atoms with Crippen LogP contribution in [0.1, 0.15) is 24.4 Å². The van der Waals surface area contributed by atoms with E-state index < -0.39 is 0 Å². The van der Waals surface area contributed by atoms with Gasteiger partial charge in [-0.15, -0.1) is 0 Å². The molecule has 0 radical (unpaired) electrons. The summed E-state index contributed by atoms with van der Waals surface area (Å²) in [6, 6.07) is 21.7. The Kier molecular flexibility index (Phi) is 3.29. The molecule has 1 N–H and O–H groups in total. The van der Waals surface area contributed by atoms with Gasteiger partial charge >= 0.3 is 0 Å². The number of nitrogens with zero attached hydrogens (tertiary/aromatic N) is 1. The molecule has 3 rings (SSSR count). The van der Waals surface area contributed by atoms with E-state index in [0.717, 1.165) is 6.54 Å². The maximum atomic E-state index is 3.62. The minimum atomic E-state index is 0.431. The van der Waals surface area contributed by atoms with Crippen molar-refractivity contribution < 1.29 is 0 Å². The lowest BCUT2D eigenvalue weighted by Crippen LogP contribution is -2.45. The third-order valence-corrected chi connectivity index (χ3v) is 3.46. The number of hydrogen-bond donors (Lipinski definition) is 1. The number of nitrogens with one attached hydrogen (secondary N) is 1. The monoisotopic (exact) mass is 238 g/mol. The fourth-order valence-electron chi connectivity index (χ4n) is 2.51. The highest BCUT2D eigenvalue weighted by Gasteiger charge is 2.20. The first-order chi connectivity index (χ1) is 8.93. The van der Waals surface area contributed by atoms with Gasteiger partial charge in [0.2, 0.25) is 0 Å². The Labute approximate surface area is 108 Å². The van der Waals surface area contributed by atoms with Crippen LogP contribution in [0.2, 0.25) is 0 Å². The minimum Gasteiger partial charge on any atom is -0.308 e. The summed E-state index contributed by atoms with van der Waals surface area (Å²) >= 11 is 0. The quantitative estimate of drug-likeness (QED) is 0.861. The van der Waals surface area contributed by atoms with E-state index in [-0.39, 0.29) is 0 Å². The number of benzene rings is 2. The zero-order chi connectivity index (χ0) is 12.2. The van der Waals surface area contributed by atoms with E-state index in [1.54, 1.807) is 0 Å². The number of hydrazine groups is 1. The fraction of sp³-hybridized carbons (Fsp3) is 0.250. The molecule has 2 heteroatoms. The van der Waals surface area contributed by atoms with Crippen molar-refractivity contribution in [3.05, 3.63) is 66.2 Å². The Morgan fingerprint density at radius 2 is 1.56 bits per heavy atom. The second-order valence-electron chi connectivity index (χ2n) is 4.72. The molecule has 1 heterocycles. The summed E-state index contributed by atoms with van der Waals surface area (Å²) in [6.07, 6.45) is 2.43. The third-order valence-electron chi connectivity index (χ3n) is 3.46. The number of rotatable bonds is 2. The molecule has 2 nitrogen and oxygen atoms in total. The predicted molar refractivity (Wildman–Crippen MR) is 75.3 cm³/mol. The minimum absolute atomic E-state index is 0.431. The number of para-hydroxylation sites is 1. The van der Waals surface area contributed by atoms with Crippen molar-refractivity contribution in [2.45, 2.75) is 18.9 Å². The van der Waals surface area contributed by atoms with E-state index in [0.29, 0.717) is 6.04 Å². The Bertz CT molecular complexity index is 435. The molecular weight excluding hydrogens is 220 g/mol. The molecule has 0 saturated carbocycles. The van der Waals surface area contributed by atoms with Crippen molar-refractivity contribution in [1.29, 1.82) is 0 Å². The van der Waals surface area contributed by atoms with E-state index >= 15 is 0 Å². The van der Waals surface area contributed by atoms with Crippen LogP contribution in [0.5, 0.6) is 0 Å². The summed E-state index contributed by atoms with van der Waals surface area (Å²) in [5.74, 6) is 0. The Hall–Kier alpha value is -1.80. The third kappa shape index (κ3) is 2.39. The van der Waals surface area contributed by atoms with E-state index in [1.807, 2.05) is 0 Å². The topological polar surface area (TPSA) is 15.3 Å². The second-order valence-corrected chi connectivity index (χ2v) is 4.72. The molecule has 2 aromatic rings. The smallest absolute Gasteiger partial charge is 0.0519 e. The summed E-state index contributed by atoms with van der Waals surface area (Å²) in [5, 5.41) is 2.27. The highest BCUT2D eigenvalue weighted by atomic mass is 15.5. The molecule has 1 atom stereocenters. The maximum Gasteiger partial charge on any atom is 0.0519 e. The molecule has 0 aromatic heterocycles. The molecule has 2 aromatic carbocycles. The van der Waals surface area contributed by atoms with Gasteiger partial charge < -0.3 is 5.01 Å². The molecular formula is C16H18N2. The van der Waals surface area contributed by atoms with Crippen molar-refractivity contribution in [3.8, 4) is 0 Å². The molecule has 0 bridgehead atoms. The lowest BCUT2D eigenvalue weighted by molar-refractivity contribution is 0.405. The van der Waals surface area contributed by atoms with Crippen molar-refractivity contribution in [1.82, 2.24) is 5.43 Å². The molecule has 1 aliphatic rings. The molecule has 1 saturated heterocycles. The summed E-state index contributed by atoms with van der Waals surface area (Å²) in [7, 11) is 0. The van der Waals surface area contributed by atoms with Gasteiger partial charge in [-0.2, -0.15) is 0 Å². The van der Waals surface area contributed by atoms with Gasteiger partial charge in [-0.3, -0.25) is 0 Å². The second kappa shape index (κ2) is 5.23. The van der Waals surface area contributed by atoms with Gasteiger partial charge in [0.1, 0.15) is 0 Å². The van der Waals surface area contributed by atoms with Crippen LogP contribution in [-0.4, -0.2) is 6.54 Å². The van der Waals surface area contributed by atoms with Gasteiger partial charge in [0.15, 0.2) is 0 Å². The van der Waals surface area contributed by atoms with Crippen molar-refractivity contribution in [3.63, 3.8) is 0 Å². The van der Waals surface area contributed by atoms with Crippen molar-refractivity contribution in [2.24, 2.45) is 0 Å². The summed E-state index contributed by atoms with van der Waals surface area (Å²) < 4.78 is 0. The largest absolute Gasteiger partial charge is 0.308 e. The van der Waals surface area contributed by atoms with Crippen LogP contribution in [-0.2, 0) is 0 Å². The van der Waals surface area contributed by atoms with Gasteiger partial charge in [0.05, 0.1) is 11.7 Å². The molecule has 1 aliphatic heterocycles. The predicted octanol–water partition coefficient (Wildman–Crippen LogP) is 3.53. The normalized spacial score (nSPS) is 19.8. The van der Waals surface area contributed by atoms with Crippen LogP contribution >= 0.6 is 0 Å². The summed E-state index contributed by atoms with van der Waals surface area (Å²) in [5.41, 5.74) is 6.24. The van der Waals surface area contributed by atoms with Crippen LogP contribution in [0.4, 0.5) is 5.69 Å². The van der Waals surface area contributed by atoms with Gasteiger partial charge in [-0.1, -0.05) is 48.5 Å². The molecule has 92 valence electrons. The molecule has 1 unspecified atom stereocenters. The number of anilines is 1. The van der Waals surface area contributed by atoms with E-state index in [4.69, 9.17) is 0 Å². The summed E-state index contributed by atoms with van der Waals surface area (Å²) in [6.45, 7) is 1.08. The molecule has 18 heavy (non-hydrogen) atoms. The Balaban J connectivity index is 1.77. The maximum absolute atomic E-state index is 3.62. The lowest BCUT2D eigenvalue weighted by atomic mass is 10.0. The van der Waals surface area contributed by atoms with Gasteiger partial charge in [-0.25, -0.2) is 5.43 Å². The van der Waals surface area contributed by atoms with Gasteiger partial charge in [0.25, 0.3) is 0 Å². The van der Waals surface area contributed by atoms with Gasteiger partial charge in [-0.05, 0) is 30.5 Å². The molecule has 0 aliphatic carbocycles. The first kappa shape index (κ1) is 11.3. The highest BCUT2D eigenvalue weighted by Crippen LogP contribution is 2.25. The molecule has 0 spiro atoms. The van der Waals surface area contributed by atoms with E-state index in [9.17, 15) is 0 Å². The average Bonchev–Trinajstić information content (AvgIpc) is 2.49. The van der Waals surface area contributed by atoms with Crippen LogP contribution < -0.4 is 10.4 Å². The van der Waals surface area contributed by atoms with Crippen LogP contribution in [0, 0.1) is 0 Å². The SMILES string of the molecule is c1ccc(C2CCCN(c3ccccc3)N2)cc1. The van der Waals surface area contributed by atoms with E-state index in [1.165, 1.54) is 24.1 Å². The summed E-state index contributed by atoms with van der Waals surface area (Å²) in [4.78, 5) is 0. The van der Waals surface area contributed by atoms with Crippen molar-refractivity contribution in [2.75, 3.05) is 11.6 Å². The zero-order valence-electron chi connectivity index (χ0n) is 10.4.